The molecule has 0 aliphatic heterocycles. The fraction of sp³-hybridized carbons (Fsp3) is 0.444. The van der Waals surface area contributed by atoms with Crippen LogP contribution < -0.4 is 0 Å². The lowest BCUT2D eigenvalue weighted by Gasteiger charge is -2.07. The molecular weight excluding hydrogens is 204 g/mol. The Morgan fingerprint density at radius 2 is 2.54 bits per heavy atom. The van der Waals surface area contributed by atoms with Gasteiger partial charge in [-0.2, -0.15) is 0 Å². The molecule has 1 aromatic heterocycles. The number of rotatable bonds is 5. The first-order valence-electron chi connectivity index (χ1n) is 4.10. The van der Waals surface area contributed by atoms with E-state index in [2.05, 4.69) is 0 Å². The molecule has 0 amide bonds. The van der Waals surface area contributed by atoms with Gasteiger partial charge in [0, 0.05) is 10.6 Å². The molecule has 1 heterocycles. The smallest absolute Gasteiger partial charge is 0.316 e. The lowest BCUT2D eigenvalue weighted by atomic mass is 10.3. The van der Waals surface area contributed by atoms with Crippen LogP contribution in [0, 0.1) is 0 Å². The van der Waals surface area contributed by atoms with Gasteiger partial charge in [-0.25, -0.2) is 0 Å². The number of carboxylic acid groups (broad SMARTS) is 1. The maximum atomic E-state index is 10.7. The van der Waals surface area contributed by atoms with Crippen molar-refractivity contribution in [2.45, 2.75) is 24.3 Å². The molecule has 1 rings (SSSR count). The van der Waals surface area contributed by atoms with Gasteiger partial charge < -0.3 is 5.11 Å². The molecule has 1 atom stereocenters. The summed E-state index contributed by atoms with van der Waals surface area (Å²) in [5, 5.41) is 10.5. The first kappa shape index (κ1) is 10.6. The zero-order valence-electron chi connectivity index (χ0n) is 7.40. The molecule has 1 N–H and O–H groups in total. The Kier molecular flexibility index (Phi) is 4.32. The number of hydrogen-bond donors (Lipinski definition) is 1. The molecule has 2 nitrogen and oxygen atoms in total. The third-order valence-corrected chi connectivity index (χ3v) is 4.13. The summed E-state index contributed by atoms with van der Waals surface area (Å²) >= 11 is 3.17. The zero-order valence-corrected chi connectivity index (χ0v) is 9.03. The molecule has 0 fully saturated rings. The lowest BCUT2D eigenvalue weighted by molar-refractivity contribution is -0.136. The Morgan fingerprint density at radius 1 is 1.77 bits per heavy atom. The molecule has 0 aromatic carbocycles. The average molecular weight is 216 g/mol. The monoisotopic (exact) mass is 216 g/mol. The van der Waals surface area contributed by atoms with E-state index in [4.69, 9.17) is 5.11 Å². The van der Waals surface area contributed by atoms with Crippen molar-refractivity contribution in [3.8, 4) is 0 Å². The van der Waals surface area contributed by atoms with Crippen LogP contribution in [0.15, 0.2) is 17.5 Å². The summed E-state index contributed by atoms with van der Waals surface area (Å²) in [4.78, 5) is 11.9. The van der Waals surface area contributed by atoms with Crippen LogP contribution in [0.4, 0.5) is 0 Å². The largest absolute Gasteiger partial charge is 0.480 e. The van der Waals surface area contributed by atoms with Gasteiger partial charge in [0.25, 0.3) is 0 Å². The van der Waals surface area contributed by atoms with E-state index < -0.39 is 5.97 Å². The molecule has 0 saturated carbocycles. The van der Waals surface area contributed by atoms with Gasteiger partial charge in [-0.05, 0) is 17.9 Å². The molecule has 1 aromatic rings. The van der Waals surface area contributed by atoms with E-state index >= 15 is 0 Å². The fourth-order valence-corrected chi connectivity index (χ4v) is 2.75. The Balaban J connectivity index is 2.36. The minimum atomic E-state index is -0.705. The third kappa shape index (κ3) is 3.40. The van der Waals surface area contributed by atoms with Crippen LogP contribution in [0.1, 0.15) is 18.2 Å². The Labute approximate surface area is 86.0 Å². The molecule has 13 heavy (non-hydrogen) atoms. The van der Waals surface area contributed by atoms with E-state index in [-0.39, 0.29) is 5.25 Å². The highest BCUT2D eigenvalue weighted by Gasteiger charge is 2.15. The molecule has 1 unspecified atom stereocenters. The van der Waals surface area contributed by atoms with E-state index in [1.807, 2.05) is 24.4 Å². The van der Waals surface area contributed by atoms with Gasteiger partial charge in [0.15, 0.2) is 0 Å². The third-order valence-electron chi connectivity index (χ3n) is 1.65. The predicted octanol–water partition coefficient (Wildman–Crippen LogP) is 2.84. The van der Waals surface area contributed by atoms with Gasteiger partial charge in [0.1, 0.15) is 5.25 Å². The van der Waals surface area contributed by atoms with Crippen molar-refractivity contribution in [3.63, 3.8) is 0 Å². The number of thioether (sulfide) groups is 1. The molecular formula is C9H12O2S2. The van der Waals surface area contributed by atoms with Crippen LogP contribution in [0.3, 0.4) is 0 Å². The van der Waals surface area contributed by atoms with E-state index in [1.54, 1.807) is 11.3 Å². The van der Waals surface area contributed by atoms with Crippen LogP contribution in [0.5, 0.6) is 0 Å². The van der Waals surface area contributed by atoms with E-state index in [9.17, 15) is 4.79 Å². The van der Waals surface area contributed by atoms with Crippen molar-refractivity contribution in [1.82, 2.24) is 0 Å². The van der Waals surface area contributed by atoms with Crippen LogP contribution >= 0.6 is 23.1 Å². The number of thiophene rings is 1. The van der Waals surface area contributed by atoms with Gasteiger partial charge in [-0.1, -0.05) is 13.0 Å². The molecule has 0 aliphatic rings. The maximum Gasteiger partial charge on any atom is 0.316 e. The number of carbonyl (C=O) groups is 1. The molecule has 0 spiro atoms. The molecule has 0 bridgehead atoms. The van der Waals surface area contributed by atoms with Crippen molar-refractivity contribution < 1.29 is 9.90 Å². The number of hydrogen-bond acceptors (Lipinski definition) is 3. The zero-order chi connectivity index (χ0) is 9.68. The highest BCUT2D eigenvalue weighted by atomic mass is 32.2. The summed E-state index contributed by atoms with van der Waals surface area (Å²) in [6, 6.07) is 4.02. The molecule has 0 radical (unpaired) electrons. The number of aliphatic carboxylic acids is 1. The van der Waals surface area contributed by atoms with E-state index in [0.717, 1.165) is 5.75 Å². The standard InChI is InChI=1S/C9H12O2S2/c1-2-8(9(10)11)13-6-7-4-3-5-12-7/h3-5,8H,2,6H2,1H3,(H,10,11). The lowest BCUT2D eigenvalue weighted by Crippen LogP contribution is -2.14. The summed E-state index contributed by atoms with van der Waals surface area (Å²) in [6.45, 7) is 1.90. The average Bonchev–Trinajstić information content (AvgIpc) is 2.57. The Hall–Kier alpha value is -0.480. The van der Waals surface area contributed by atoms with Gasteiger partial charge in [-0.15, -0.1) is 23.1 Å². The summed E-state index contributed by atoms with van der Waals surface area (Å²) in [6.07, 6.45) is 0.686. The van der Waals surface area contributed by atoms with Crippen molar-refractivity contribution in [1.29, 1.82) is 0 Å². The highest BCUT2D eigenvalue weighted by molar-refractivity contribution is 7.99. The van der Waals surface area contributed by atoms with Crippen LogP contribution in [0.25, 0.3) is 0 Å². The van der Waals surface area contributed by atoms with Crippen LogP contribution in [-0.2, 0) is 10.5 Å². The molecule has 0 aliphatic carbocycles. The van der Waals surface area contributed by atoms with Crippen molar-refractivity contribution in [2.75, 3.05) is 0 Å². The summed E-state index contributed by atoms with van der Waals surface area (Å²) in [7, 11) is 0. The molecule has 0 saturated heterocycles. The fourth-order valence-electron chi connectivity index (χ4n) is 0.941. The highest BCUT2D eigenvalue weighted by Crippen LogP contribution is 2.22. The summed E-state index contributed by atoms with van der Waals surface area (Å²) in [5.41, 5.74) is 0. The molecule has 4 heteroatoms. The first-order valence-corrected chi connectivity index (χ1v) is 6.03. The normalized spacial score (nSPS) is 12.7. The van der Waals surface area contributed by atoms with Gasteiger partial charge in [-0.3, -0.25) is 4.79 Å². The van der Waals surface area contributed by atoms with E-state index in [1.165, 1.54) is 16.6 Å². The van der Waals surface area contributed by atoms with Crippen molar-refractivity contribution in [3.05, 3.63) is 22.4 Å². The van der Waals surface area contributed by atoms with Gasteiger partial charge in [0.05, 0.1) is 0 Å². The van der Waals surface area contributed by atoms with Crippen molar-refractivity contribution >= 4 is 29.1 Å². The summed E-state index contributed by atoms with van der Waals surface area (Å²) in [5.74, 6) is 0.103. The van der Waals surface area contributed by atoms with Crippen LogP contribution in [-0.4, -0.2) is 16.3 Å². The first-order chi connectivity index (χ1) is 6.24. The molecule has 72 valence electrons. The Bertz CT molecular complexity index is 257. The van der Waals surface area contributed by atoms with Gasteiger partial charge >= 0.3 is 5.97 Å². The predicted molar refractivity (Wildman–Crippen MR) is 57.3 cm³/mol. The topological polar surface area (TPSA) is 37.3 Å². The second kappa shape index (κ2) is 5.29. The summed E-state index contributed by atoms with van der Waals surface area (Å²) < 4.78 is 0. The van der Waals surface area contributed by atoms with Crippen molar-refractivity contribution in [2.24, 2.45) is 0 Å². The number of carboxylic acids is 1. The van der Waals surface area contributed by atoms with Crippen LogP contribution in [0.2, 0.25) is 0 Å². The minimum Gasteiger partial charge on any atom is -0.480 e. The minimum absolute atomic E-state index is 0.262. The van der Waals surface area contributed by atoms with E-state index in [0.29, 0.717) is 6.42 Å². The maximum absolute atomic E-state index is 10.7. The Morgan fingerprint density at radius 3 is 3.00 bits per heavy atom. The SMILES string of the molecule is CCC(SCc1cccs1)C(=O)O. The quantitative estimate of drug-likeness (QED) is 0.822. The second-order valence-electron chi connectivity index (χ2n) is 2.63. The second-order valence-corrected chi connectivity index (χ2v) is 4.85. The van der Waals surface area contributed by atoms with Gasteiger partial charge in [0.2, 0.25) is 0 Å².